The second-order valence-electron chi connectivity index (χ2n) is 2.09. The van der Waals surface area contributed by atoms with Crippen molar-refractivity contribution in [1.82, 2.24) is 4.98 Å². The first-order chi connectivity index (χ1) is 3.72. The van der Waals surface area contributed by atoms with Gasteiger partial charge in [0.15, 0.2) is 0 Å². The van der Waals surface area contributed by atoms with E-state index in [9.17, 15) is 0 Å². The molecule has 0 fully saturated rings. The van der Waals surface area contributed by atoms with E-state index in [0.29, 0.717) is 0 Å². The zero-order chi connectivity index (χ0) is 6.15. The van der Waals surface area contributed by atoms with Gasteiger partial charge in [-0.2, -0.15) is 0 Å². The molecular formula is C6H11N2+. The maximum Gasteiger partial charge on any atom is 0.241 e. The summed E-state index contributed by atoms with van der Waals surface area (Å²) in [5.74, 6) is 0. The van der Waals surface area contributed by atoms with Crippen LogP contribution in [-0.2, 0) is 7.05 Å². The van der Waals surface area contributed by atoms with Gasteiger partial charge in [0.25, 0.3) is 0 Å². The van der Waals surface area contributed by atoms with E-state index in [2.05, 4.69) is 23.4 Å². The van der Waals surface area contributed by atoms with Crippen molar-refractivity contribution < 1.29 is 4.57 Å². The van der Waals surface area contributed by atoms with E-state index in [1.807, 2.05) is 13.4 Å². The minimum Gasteiger partial charge on any atom is -0.248 e. The van der Waals surface area contributed by atoms with Crippen molar-refractivity contribution in [2.24, 2.45) is 7.05 Å². The summed E-state index contributed by atoms with van der Waals surface area (Å²) in [7, 11) is 2.03. The molecule has 0 saturated carbocycles. The van der Waals surface area contributed by atoms with Crippen LogP contribution in [0.2, 0.25) is 0 Å². The average molecular weight is 111 g/mol. The Balaban J connectivity index is 3.19. The number of rotatable bonds is 0. The lowest BCUT2D eigenvalue weighted by molar-refractivity contribution is -0.676. The summed E-state index contributed by atoms with van der Waals surface area (Å²) in [4.78, 5) is 3.10. The first-order valence-corrected chi connectivity index (χ1v) is 2.72. The number of nitrogens with one attached hydrogen (secondary N) is 1. The van der Waals surface area contributed by atoms with Gasteiger partial charge in [-0.3, -0.25) is 0 Å². The summed E-state index contributed by atoms with van der Waals surface area (Å²) in [5.41, 5.74) is 2.54. The first-order valence-electron chi connectivity index (χ1n) is 2.72. The number of nitrogens with zero attached hydrogens (tertiary/aromatic N) is 1. The number of aromatic amines is 1. The molecule has 1 rings (SSSR count). The lowest BCUT2D eigenvalue weighted by atomic mass is 10.4. The third-order valence-electron chi connectivity index (χ3n) is 1.55. The second kappa shape index (κ2) is 1.62. The van der Waals surface area contributed by atoms with Gasteiger partial charge in [-0.1, -0.05) is 0 Å². The fraction of sp³-hybridized carbons (Fsp3) is 0.500. The highest BCUT2D eigenvalue weighted by molar-refractivity contribution is 4.98. The maximum atomic E-state index is 3.10. The van der Waals surface area contributed by atoms with E-state index in [1.165, 1.54) is 11.4 Å². The molecule has 0 bridgehead atoms. The third-order valence-corrected chi connectivity index (χ3v) is 1.55. The molecule has 1 heterocycles. The average Bonchev–Trinajstić information content (AvgIpc) is 1.98. The Hall–Kier alpha value is -0.790. The van der Waals surface area contributed by atoms with Crippen LogP contribution in [0.3, 0.4) is 0 Å². The molecule has 0 unspecified atom stereocenters. The monoisotopic (exact) mass is 111 g/mol. The van der Waals surface area contributed by atoms with Crippen LogP contribution in [-0.4, -0.2) is 4.98 Å². The van der Waals surface area contributed by atoms with E-state index >= 15 is 0 Å². The summed E-state index contributed by atoms with van der Waals surface area (Å²) in [6.45, 7) is 4.15. The molecule has 0 saturated heterocycles. The van der Waals surface area contributed by atoms with Crippen LogP contribution < -0.4 is 4.57 Å². The predicted octanol–water partition coefficient (Wildman–Crippen LogP) is 0.456. The normalized spacial score (nSPS) is 9.88. The van der Waals surface area contributed by atoms with Crippen molar-refractivity contribution in [3.8, 4) is 0 Å². The number of hydrogen-bond donors (Lipinski definition) is 1. The van der Waals surface area contributed by atoms with Gasteiger partial charge < -0.3 is 0 Å². The summed E-state index contributed by atoms with van der Waals surface area (Å²) in [5, 5.41) is 0. The van der Waals surface area contributed by atoms with E-state index in [0.717, 1.165) is 0 Å². The van der Waals surface area contributed by atoms with Crippen molar-refractivity contribution in [3.63, 3.8) is 0 Å². The molecule has 1 aromatic rings. The van der Waals surface area contributed by atoms with Gasteiger partial charge in [-0.05, 0) is 0 Å². The minimum atomic E-state index is 1.24. The van der Waals surface area contributed by atoms with Crippen molar-refractivity contribution >= 4 is 0 Å². The topological polar surface area (TPSA) is 19.7 Å². The van der Waals surface area contributed by atoms with Crippen LogP contribution in [0.5, 0.6) is 0 Å². The zero-order valence-corrected chi connectivity index (χ0v) is 5.52. The fourth-order valence-electron chi connectivity index (χ4n) is 0.659. The Bertz CT molecular complexity index is 169. The van der Waals surface area contributed by atoms with Gasteiger partial charge in [-0.25, -0.2) is 9.55 Å². The van der Waals surface area contributed by atoms with E-state index < -0.39 is 0 Å². The van der Waals surface area contributed by atoms with Gasteiger partial charge in [0, 0.05) is 13.8 Å². The standard InChI is InChI=1S/C6H10N2/c1-5-6(2)8(3)4-7-5/h4H,1-3H3/p+1. The van der Waals surface area contributed by atoms with Gasteiger partial charge in [0.1, 0.15) is 11.4 Å². The highest BCUT2D eigenvalue weighted by atomic mass is 15.0. The highest BCUT2D eigenvalue weighted by Gasteiger charge is 2.01. The van der Waals surface area contributed by atoms with Crippen molar-refractivity contribution in [2.75, 3.05) is 0 Å². The molecule has 2 nitrogen and oxygen atoms in total. The SMILES string of the molecule is Cc1[nH]c[n+](C)c1C. The molecule has 0 aliphatic heterocycles. The fourth-order valence-corrected chi connectivity index (χ4v) is 0.659. The van der Waals surface area contributed by atoms with Crippen LogP contribution in [0, 0.1) is 13.8 Å². The first kappa shape index (κ1) is 5.35. The van der Waals surface area contributed by atoms with Gasteiger partial charge in [0.2, 0.25) is 6.33 Å². The third kappa shape index (κ3) is 0.619. The van der Waals surface area contributed by atoms with E-state index in [4.69, 9.17) is 0 Å². The van der Waals surface area contributed by atoms with Crippen molar-refractivity contribution in [2.45, 2.75) is 13.8 Å². The number of imidazole rings is 1. The Morgan fingerprint density at radius 2 is 2.12 bits per heavy atom. The Labute approximate surface area is 49.2 Å². The van der Waals surface area contributed by atoms with Crippen LogP contribution in [0.4, 0.5) is 0 Å². The molecule has 0 aliphatic carbocycles. The quantitative estimate of drug-likeness (QED) is 0.469. The van der Waals surface area contributed by atoms with Gasteiger partial charge in [0.05, 0.1) is 7.05 Å². The molecule has 1 aromatic heterocycles. The molecule has 0 aromatic carbocycles. The maximum absolute atomic E-state index is 3.10. The van der Waals surface area contributed by atoms with E-state index in [-0.39, 0.29) is 0 Å². The predicted molar refractivity (Wildman–Crippen MR) is 31.4 cm³/mol. The number of aryl methyl sites for hydroxylation is 2. The van der Waals surface area contributed by atoms with E-state index in [1.54, 1.807) is 0 Å². The molecular weight excluding hydrogens is 100 g/mol. The highest BCUT2D eigenvalue weighted by Crippen LogP contribution is 1.92. The van der Waals surface area contributed by atoms with Crippen molar-refractivity contribution in [3.05, 3.63) is 17.7 Å². The Kier molecular flexibility index (Phi) is 1.08. The van der Waals surface area contributed by atoms with Crippen molar-refractivity contribution in [1.29, 1.82) is 0 Å². The number of H-pyrrole nitrogens is 1. The second-order valence-corrected chi connectivity index (χ2v) is 2.09. The van der Waals surface area contributed by atoms with Crippen LogP contribution in [0.25, 0.3) is 0 Å². The zero-order valence-electron chi connectivity index (χ0n) is 5.52. The smallest absolute Gasteiger partial charge is 0.241 e. The molecule has 2 heteroatoms. The summed E-state index contributed by atoms with van der Waals surface area (Å²) >= 11 is 0. The molecule has 1 N–H and O–H groups in total. The molecule has 44 valence electrons. The summed E-state index contributed by atoms with van der Waals surface area (Å²) in [6, 6.07) is 0. The van der Waals surface area contributed by atoms with Crippen LogP contribution in [0.15, 0.2) is 6.33 Å². The minimum absolute atomic E-state index is 1.24. The summed E-state index contributed by atoms with van der Waals surface area (Å²) < 4.78 is 2.06. The molecule has 0 amide bonds. The molecule has 8 heavy (non-hydrogen) atoms. The largest absolute Gasteiger partial charge is 0.248 e. The molecule has 0 atom stereocenters. The Morgan fingerprint density at radius 1 is 1.50 bits per heavy atom. The Morgan fingerprint density at radius 3 is 2.25 bits per heavy atom. The van der Waals surface area contributed by atoms with Gasteiger partial charge in [-0.15, -0.1) is 0 Å². The molecule has 0 spiro atoms. The number of hydrogen-bond acceptors (Lipinski definition) is 0. The summed E-state index contributed by atoms with van der Waals surface area (Å²) in [6.07, 6.45) is 1.95. The number of aromatic nitrogens is 2. The van der Waals surface area contributed by atoms with Gasteiger partial charge >= 0.3 is 0 Å². The van der Waals surface area contributed by atoms with Crippen LogP contribution in [0.1, 0.15) is 11.4 Å². The lowest BCUT2D eigenvalue weighted by Crippen LogP contribution is -2.27. The van der Waals surface area contributed by atoms with Crippen LogP contribution >= 0.6 is 0 Å². The molecule has 0 radical (unpaired) electrons. The lowest BCUT2D eigenvalue weighted by Gasteiger charge is -1.82. The molecule has 0 aliphatic rings.